The average Bonchev–Trinajstić information content (AvgIpc) is 3.05. The second kappa shape index (κ2) is 7.56. The van der Waals surface area contributed by atoms with Crippen LogP contribution < -0.4 is 15.0 Å². The van der Waals surface area contributed by atoms with E-state index in [-0.39, 0.29) is 6.04 Å². The van der Waals surface area contributed by atoms with Crippen LogP contribution in [0, 0.1) is 0 Å². The molecule has 1 heterocycles. The molecular formula is C23H20N2O3. The molecule has 1 N–H and O–H groups in total. The minimum absolute atomic E-state index is 0.0635. The number of anilines is 2. The first-order valence-corrected chi connectivity index (χ1v) is 9.18. The van der Waals surface area contributed by atoms with Crippen LogP contribution in [-0.4, -0.2) is 17.9 Å². The van der Waals surface area contributed by atoms with Crippen molar-refractivity contribution in [3.05, 3.63) is 84.4 Å². The number of fused-ring (bicyclic) bond motifs is 1. The molecule has 3 aromatic rings. The SMILES string of the molecule is CC1Cc2ccccc2N1C(=O)C(=O)Nc1ccccc1Oc1ccccc1. The van der Waals surface area contributed by atoms with E-state index in [4.69, 9.17) is 4.74 Å². The molecule has 0 saturated heterocycles. The number of rotatable bonds is 3. The third kappa shape index (κ3) is 3.47. The van der Waals surface area contributed by atoms with Crippen LogP contribution in [0.3, 0.4) is 0 Å². The molecule has 28 heavy (non-hydrogen) atoms. The Morgan fingerprint density at radius 2 is 1.61 bits per heavy atom. The van der Waals surface area contributed by atoms with Crippen LogP contribution in [-0.2, 0) is 16.0 Å². The van der Waals surface area contributed by atoms with E-state index >= 15 is 0 Å². The van der Waals surface area contributed by atoms with Crippen molar-refractivity contribution in [2.45, 2.75) is 19.4 Å². The van der Waals surface area contributed by atoms with E-state index in [2.05, 4.69) is 5.32 Å². The van der Waals surface area contributed by atoms with Gasteiger partial charge in [-0.3, -0.25) is 9.59 Å². The number of para-hydroxylation sites is 4. The molecule has 140 valence electrons. The van der Waals surface area contributed by atoms with Gasteiger partial charge in [-0.25, -0.2) is 0 Å². The second-order valence-electron chi connectivity index (χ2n) is 6.72. The number of carbonyl (C=O) groups is 2. The van der Waals surface area contributed by atoms with Crippen LogP contribution >= 0.6 is 0 Å². The quantitative estimate of drug-likeness (QED) is 0.694. The van der Waals surface area contributed by atoms with E-state index in [0.29, 0.717) is 17.2 Å². The van der Waals surface area contributed by atoms with Gasteiger partial charge in [-0.2, -0.15) is 0 Å². The zero-order valence-electron chi connectivity index (χ0n) is 15.5. The molecular weight excluding hydrogens is 352 g/mol. The number of ether oxygens (including phenoxy) is 1. The van der Waals surface area contributed by atoms with Crippen LogP contribution in [0.2, 0.25) is 0 Å². The van der Waals surface area contributed by atoms with Gasteiger partial charge in [0.15, 0.2) is 5.75 Å². The van der Waals surface area contributed by atoms with Crippen molar-refractivity contribution in [2.24, 2.45) is 0 Å². The zero-order chi connectivity index (χ0) is 19.5. The molecule has 5 nitrogen and oxygen atoms in total. The lowest BCUT2D eigenvalue weighted by molar-refractivity contribution is -0.134. The van der Waals surface area contributed by atoms with Crippen LogP contribution in [0.25, 0.3) is 0 Å². The van der Waals surface area contributed by atoms with Crippen molar-refractivity contribution >= 4 is 23.2 Å². The fourth-order valence-electron chi connectivity index (χ4n) is 3.43. The Balaban J connectivity index is 1.54. The lowest BCUT2D eigenvalue weighted by Gasteiger charge is -2.22. The molecule has 4 rings (SSSR count). The average molecular weight is 372 g/mol. The highest BCUT2D eigenvalue weighted by atomic mass is 16.5. The summed E-state index contributed by atoms with van der Waals surface area (Å²) in [7, 11) is 0. The molecule has 3 aromatic carbocycles. The summed E-state index contributed by atoms with van der Waals surface area (Å²) >= 11 is 0. The van der Waals surface area contributed by atoms with Crippen molar-refractivity contribution < 1.29 is 14.3 Å². The number of benzene rings is 3. The maximum atomic E-state index is 12.9. The van der Waals surface area contributed by atoms with E-state index in [9.17, 15) is 9.59 Å². The van der Waals surface area contributed by atoms with Crippen molar-refractivity contribution in [3.63, 3.8) is 0 Å². The van der Waals surface area contributed by atoms with E-state index < -0.39 is 11.8 Å². The van der Waals surface area contributed by atoms with Crippen LogP contribution in [0.4, 0.5) is 11.4 Å². The normalized spacial score (nSPS) is 15.0. The topological polar surface area (TPSA) is 58.6 Å². The highest BCUT2D eigenvalue weighted by Crippen LogP contribution is 2.33. The highest BCUT2D eigenvalue weighted by Gasteiger charge is 2.34. The third-order valence-corrected chi connectivity index (χ3v) is 4.73. The highest BCUT2D eigenvalue weighted by molar-refractivity contribution is 6.44. The first kappa shape index (κ1) is 17.8. The largest absolute Gasteiger partial charge is 0.455 e. The summed E-state index contributed by atoms with van der Waals surface area (Å²) in [5.74, 6) is -0.137. The minimum atomic E-state index is -0.687. The number of nitrogens with one attached hydrogen (secondary N) is 1. The Hall–Kier alpha value is -3.60. The van der Waals surface area contributed by atoms with E-state index in [0.717, 1.165) is 17.7 Å². The summed E-state index contributed by atoms with van der Waals surface area (Å²) in [5.41, 5.74) is 2.32. The molecule has 0 radical (unpaired) electrons. The summed E-state index contributed by atoms with van der Waals surface area (Å²) in [5, 5.41) is 2.70. The van der Waals surface area contributed by atoms with Gasteiger partial charge in [0, 0.05) is 11.7 Å². The van der Waals surface area contributed by atoms with Gasteiger partial charge in [0.1, 0.15) is 5.75 Å². The maximum Gasteiger partial charge on any atom is 0.316 e. The number of hydrogen-bond donors (Lipinski definition) is 1. The Morgan fingerprint density at radius 3 is 2.43 bits per heavy atom. The molecule has 0 bridgehead atoms. The number of hydrogen-bond acceptors (Lipinski definition) is 3. The van der Waals surface area contributed by atoms with Gasteiger partial charge in [0.2, 0.25) is 0 Å². The Labute approximate surface area is 163 Å². The molecule has 2 amide bonds. The molecule has 5 heteroatoms. The minimum Gasteiger partial charge on any atom is -0.455 e. The summed E-state index contributed by atoms with van der Waals surface area (Å²) in [6.45, 7) is 1.94. The second-order valence-corrected chi connectivity index (χ2v) is 6.72. The van der Waals surface area contributed by atoms with Crippen LogP contribution in [0.5, 0.6) is 11.5 Å². The molecule has 0 fully saturated rings. The molecule has 0 aliphatic carbocycles. The van der Waals surface area contributed by atoms with Gasteiger partial charge in [0.25, 0.3) is 0 Å². The maximum absolute atomic E-state index is 12.9. The molecule has 0 aromatic heterocycles. The first-order valence-electron chi connectivity index (χ1n) is 9.18. The van der Waals surface area contributed by atoms with Crippen molar-refractivity contribution in [2.75, 3.05) is 10.2 Å². The zero-order valence-corrected chi connectivity index (χ0v) is 15.5. The number of carbonyl (C=O) groups excluding carboxylic acids is 2. The van der Waals surface area contributed by atoms with Gasteiger partial charge in [-0.05, 0) is 49.2 Å². The van der Waals surface area contributed by atoms with Crippen molar-refractivity contribution in [3.8, 4) is 11.5 Å². The fraction of sp³-hybridized carbons (Fsp3) is 0.130. The van der Waals surface area contributed by atoms with Gasteiger partial charge in [0.05, 0.1) is 5.69 Å². The van der Waals surface area contributed by atoms with Crippen molar-refractivity contribution in [1.29, 1.82) is 0 Å². The fourth-order valence-corrected chi connectivity index (χ4v) is 3.43. The van der Waals surface area contributed by atoms with Crippen LogP contribution in [0.1, 0.15) is 12.5 Å². The molecule has 0 spiro atoms. The smallest absolute Gasteiger partial charge is 0.316 e. The summed E-state index contributed by atoms with van der Waals surface area (Å²) < 4.78 is 5.85. The number of amides is 2. The van der Waals surface area contributed by atoms with Gasteiger partial charge in [-0.1, -0.05) is 48.5 Å². The predicted molar refractivity (Wildman–Crippen MR) is 109 cm³/mol. The monoisotopic (exact) mass is 372 g/mol. The lowest BCUT2D eigenvalue weighted by atomic mass is 10.1. The van der Waals surface area contributed by atoms with E-state index in [1.165, 1.54) is 0 Å². The molecule has 1 aliphatic rings. The Morgan fingerprint density at radius 1 is 0.929 bits per heavy atom. The predicted octanol–water partition coefficient (Wildman–Crippen LogP) is 4.40. The van der Waals surface area contributed by atoms with Gasteiger partial charge in [-0.15, -0.1) is 0 Å². The summed E-state index contributed by atoms with van der Waals surface area (Å²) in [6, 6.07) is 24.0. The Kier molecular flexibility index (Phi) is 4.81. The molecule has 0 saturated carbocycles. The van der Waals surface area contributed by atoms with Crippen LogP contribution in [0.15, 0.2) is 78.9 Å². The number of nitrogens with zero attached hydrogens (tertiary/aromatic N) is 1. The van der Waals surface area contributed by atoms with Gasteiger partial charge >= 0.3 is 11.8 Å². The van der Waals surface area contributed by atoms with E-state index in [1.54, 1.807) is 23.1 Å². The molecule has 1 atom stereocenters. The third-order valence-electron chi connectivity index (χ3n) is 4.73. The Bertz CT molecular complexity index is 1020. The molecule has 1 aliphatic heterocycles. The standard InChI is InChI=1S/C23H20N2O3/c1-16-15-17-9-5-7-13-20(17)25(16)23(27)22(26)24-19-12-6-8-14-21(19)28-18-10-3-2-4-11-18/h2-14,16H,15H2,1H3,(H,24,26). The lowest BCUT2D eigenvalue weighted by Crippen LogP contribution is -2.43. The summed E-state index contributed by atoms with van der Waals surface area (Å²) in [6.07, 6.45) is 0.739. The van der Waals surface area contributed by atoms with Gasteiger partial charge < -0.3 is 15.0 Å². The van der Waals surface area contributed by atoms with E-state index in [1.807, 2.05) is 67.6 Å². The molecule has 1 unspecified atom stereocenters. The first-order chi connectivity index (χ1) is 13.6. The van der Waals surface area contributed by atoms with Crippen molar-refractivity contribution in [1.82, 2.24) is 0 Å². The summed E-state index contributed by atoms with van der Waals surface area (Å²) in [4.78, 5) is 27.1.